The molecular formula is C49H44N4O. The summed E-state index contributed by atoms with van der Waals surface area (Å²) in [5, 5.41) is 2.41. The van der Waals surface area contributed by atoms with Crippen molar-refractivity contribution < 1.29 is 4.74 Å². The summed E-state index contributed by atoms with van der Waals surface area (Å²) in [6.07, 6.45) is 1.91. The zero-order valence-corrected chi connectivity index (χ0v) is 31.5. The number of hydrogen-bond donors (Lipinski definition) is 0. The smallest absolute Gasteiger partial charge is 0.151 e. The summed E-state index contributed by atoms with van der Waals surface area (Å²) in [6.45, 7) is 12.0. The molecule has 9 rings (SSSR count). The number of anilines is 4. The van der Waals surface area contributed by atoms with Crippen LogP contribution >= 0.6 is 0 Å². The molecule has 54 heavy (non-hydrogen) atoms. The number of para-hydroxylation sites is 6. The topological polar surface area (TPSA) is 33.5 Å². The second-order valence-corrected chi connectivity index (χ2v) is 15.8. The zero-order valence-electron chi connectivity index (χ0n) is 31.5. The molecule has 6 aromatic carbocycles. The number of benzene rings is 6. The van der Waals surface area contributed by atoms with Gasteiger partial charge in [0.2, 0.25) is 0 Å². The molecule has 0 radical (unpaired) electrons. The fourth-order valence-corrected chi connectivity index (χ4v) is 7.97. The molecule has 266 valence electrons. The first kappa shape index (κ1) is 33.5. The van der Waals surface area contributed by atoms with Gasteiger partial charge < -0.3 is 14.5 Å². The molecule has 5 nitrogen and oxygen atoms in total. The highest BCUT2D eigenvalue weighted by atomic mass is 16.5. The molecule has 0 fully saturated rings. The summed E-state index contributed by atoms with van der Waals surface area (Å²) >= 11 is 0. The molecule has 0 bridgehead atoms. The van der Waals surface area contributed by atoms with E-state index in [0.29, 0.717) is 6.67 Å². The average molecular weight is 705 g/mol. The van der Waals surface area contributed by atoms with E-state index in [2.05, 4.69) is 201 Å². The second-order valence-electron chi connectivity index (χ2n) is 15.8. The Morgan fingerprint density at radius 2 is 1.09 bits per heavy atom. The minimum Gasteiger partial charge on any atom is -0.453 e. The Morgan fingerprint density at radius 1 is 0.519 bits per heavy atom. The van der Waals surface area contributed by atoms with Crippen molar-refractivity contribution in [2.45, 2.75) is 45.4 Å². The Labute approximate surface area is 317 Å². The molecule has 0 atom stereocenters. The van der Waals surface area contributed by atoms with Crippen LogP contribution in [0.4, 0.5) is 22.7 Å². The van der Waals surface area contributed by atoms with Gasteiger partial charge in [0.05, 0.1) is 34.3 Å². The van der Waals surface area contributed by atoms with Crippen molar-refractivity contribution in [3.8, 4) is 17.3 Å². The maximum absolute atomic E-state index is 7.10. The van der Waals surface area contributed by atoms with Crippen LogP contribution in [0.2, 0.25) is 0 Å². The van der Waals surface area contributed by atoms with Crippen molar-refractivity contribution >= 4 is 44.6 Å². The van der Waals surface area contributed by atoms with Crippen molar-refractivity contribution in [2.24, 2.45) is 0 Å². The van der Waals surface area contributed by atoms with Gasteiger partial charge in [0, 0.05) is 27.4 Å². The van der Waals surface area contributed by atoms with Gasteiger partial charge in [-0.05, 0) is 71.1 Å². The molecule has 1 aliphatic heterocycles. The van der Waals surface area contributed by atoms with Crippen LogP contribution in [-0.4, -0.2) is 16.2 Å². The molecular weight excluding hydrogens is 661 g/mol. The summed E-state index contributed by atoms with van der Waals surface area (Å²) in [5.74, 6) is 2.35. The monoisotopic (exact) mass is 704 g/mol. The Hall–Kier alpha value is -6.33. The standard InChI is InChI=1S/C49H44N4O/c1-48(2,3)35-20-17-21-36(30-35)51-33-52(43-27-14-13-26-42(43)51)44-28-15-16-29-45(44)54-46-32-50-47(31-39(46)49(4,5)34-18-7-6-8-19-34)53-40-24-11-9-22-37(40)38-23-10-12-25-41(38)53/h6-32H,33H2,1-5H3. The Balaban J connectivity index is 1.16. The van der Waals surface area contributed by atoms with E-state index in [-0.39, 0.29) is 5.41 Å². The number of hydrogen-bond acceptors (Lipinski definition) is 4. The summed E-state index contributed by atoms with van der Waals surface area (Å²) in [5.41, 5.74) is 9.93. The fourth-order valence-electron chi connectivity index (χ4n) is 7.97. The first-order valence-corrected chi connectivity index (χ1v) is 18.7. The number of nitrogens with zero attached hydrogens (tertiary/aromatic N) is 4. The predicted molar refractivity (Wildman–Crippen MR) is 224 cm³/mol. The molecule has 0 unspecified atom stereocenters. The van der Waals surface area contributed by atoms with Gasteiger partial charge >= 0.3 is 0 Å². The number of ether oxygens (including phenoxy) is 1. The lowest BCUT2D eigenvalue weighted by atomic mass is 9.78. The largest absolute Gasteiger partial charge is 0.453 e. The predicted octanol–water partition coefficient (Wildman–Crippen LogP) is 12.8. The number of aromatic nitrogens is 2. The third-order valence-electron chi connectivity index (χ3n) is 11.0. The highest BCUT2D eigenvalue weighted by molar-refractivity contribution is 6.09. The number of pyridine rings is 1. The summed E-state index contributed by atoms with van der Waals surface area (Å²) in [6, 6.07) is 56.0. The van der Waals surface area contributed by atoms with E-state index in [1.165, 1.54) is 33.3 Å². The maximum Gasteiger partial charge on any atom is 0.151 e. The van der Waals surface area contributed by atoms with Gasteiger partial charge in [-0.15, -0.1) is 0 Å². The summed E-state index contributed by atoms with van der Waals surface area (Å²) < 4.78 is 9.37. The molecule has 0 saturated carbocycles. The Morgan fingerprint density at radius 3 is 1.78 bits per heavy atom. The lowest BCUT2D eigenvalue weighted by molar-refractivity contribution is 0.459. The Bertz CT molecular complexity index is 2600. The molecule has 5 heteroatoms. The minimum absolute atomic E-state index is 0.0474. The first-order chi connectivity index (χ1) is 26.2. The summed E-state index contributed by atoms with van der Waals surface area (Å²) in [7, 11) is 0. The van der Waals surface area contributed by atoms with E-state index in [1.54, 1.807) is 0 Å². The molecule has 0 amide bonds. The molecule has 0 aliphatic carbocycles. The second kappa shape index (κ2) is 13.0. The first-order valence-electron chi connectivity index (χ1n) is 18.7. The van der Waals surface area contributed by atoms with Crippen LogP contribution in [-0.2, 0) is 10.8 Å². The summed E-state index contributed by atoms with van der Waals surface area (Å²) in [4.78, 5) is 9.90. The van der Waals surface area contributed by atoms with Crippen LogP contribution < -0.4 is 14.5 Å². The van der Waals surface area contributed by atoms with Crippen LogP contribution in [0.1, 0.15) is 51.3 Å². The Kier molecular flexibility index (Phi) is 8.04. The normalized spacial score (nSPS) is 13.1. The van der Waals surface area contributed by atoms with Crippen LogP contribution in [0.15, 0.2) is 164 Å². The quantitative estimate of drug-likeness (QED) is 0.165. The highest BCUT2D eigenvalue weighted by Crippen LogP contribution is 2.49. The van der Waals surface area contributed by atoms with E-state index in [9.17, 15) is 0 Å². The van der Waals surface area contributed by atoms with E-state index in [4.69, 9.17) is 9.72 Å². The van der Waals surface area contributed by atoms with Crippen molar-refractivity contribution in [1.82, 2.24) is 9.55 Å². The van der Waals surface area contributed by atoms with Gasteiger partial charge in [0.25, 0.3) is 0 Å². The van der Waals surface area contributed by atoms with E-state index in [0.717, 1.165) is 45.3 Å². The van der Waals surface area contributed by atoms with Crippen LogP contribution in [0, 0.1) is 0 Å². The van der Waals surface area contributed by atoms with Crippen molar-refractivity contribution in [3.63, 3.8) is 0 Å². The van der Waals surface area contributed by atoms with Crippen LogP contribution in [0.25, 0.3) is 27.6 Å². The van der Waals surface area contributed by atoms with Gasteiger partial charge in [-0.1, -0.05) is 138 Å². The fraction of sp³-hybridized carbons (Fsp3) is 0.163. The van der Waals surface area contributed by atoms with Gasteiger partial charge in [-0.2, -0.15) is 0 Å². The third-order valence-corrected chi connectivity index (χ3v) is 11.0. The number of rotatable bonds is 7. The van der Waals surface area contributed by atoms with E-state index >= 15 is 0 Å². The van der Waals surface area contributed by atoms with Gasteiger partial charge in [0.15, 0.2) is 5.75 Å². The van der Waals surface area contributed by atoms with Gasteiger partial charge in [-0.3, -0.25) is 4.57 Å². The molecule has 2 aromatic heterocycles. The lowest BCUT2D eigenvalue weighted by Gasteiger charge is -2.29. The number of fused-ring (bicyclic) bond motifs is 4. The average Bonchev–Trinajstić information content (AvgIpc) is 3.75. The molecule has 1 aliphatic rings. The van der Waals surface area contributed by atoms with Gasteiger partial charge in [-0.25, -0.2) is 4.98 Å². The van der Waals surface area contributed by atoms with E-state index in [1.807, 2.05) is 12.3 Å². The zero-order chi connectivity index (χ0) is 37.0. The van der Waals surface area contributed by atoms with Crippen LogP contribution in [0.3, 0.4) is 0 Å². The van der Waals surface area contributed by atoms with E-state index < -0.39 is 5.41 Å². The molecule has 0 spiro atoms. The van der Waals surface area contributed by atoms with Gasteiger partial charge in [0.1, 0.15) is 18.2 Å². The van der Waals surface area contributed by atoms with Crippen molar-refractivity contribution in [2.75, 3.05) is 16.5 Å². The van der Waals surface area contributed by atoms with Crippen LogP contribution in [0.5, 0.6) is 11.5 Å². The molecule has 8 aromatic rings. The molecule has 3 heterocycles. The molecule has 0 N–H and O–H groups in total. The maximum atomic E-state index is 7.10. The van der Waals surface area contributed by atoms with Crippen molar-refractivity contribution in [3.05, 3.63) is 181 Å². The lowest BCUT2D eigenvalue weighted by Crippen LogP contribution is -2.25. The highest BCUT2D eigenvalue weighted by Gasteiger charge is 2.32. The van der Waals surface area contributed by atoms with Crippen molar-refractivity contribution in [1.29, 1.82) is 0 Å². The third kappa shape index (κ3) is 5.68. The minimum atomic E-state index is -0.406. The SMILES string of the molecule is CC(C)(C)c1cccc(N2CN(c3ccccc3Oc3cnc(-n4c5ccccc5c5ccccc54)cc3C(C)(C)c3ccccc3)c3ccccc32)c1. The molecule has 0 saturated heterocycles.